The Kier molecular flexibility index (Phi) is 6.42. The van der Waals surface area contributed by atoms with E-state index in [1.54, 1.807) is 7.11 Å². The van der Waals surface area contributed by atoms with Crippen molar-refractivity contribution in [2.45, 2.75) is 33.7 Å². The number of nitrogens with zero attached hydrogens (tertiary/aromatic N) is 2. The quantitative estimate of drug-likeness (QED) is 0.630. The standard InChI is InChI=1S/C23H29N3O3/c1-23(2,3)22(27)24-14-13-21-25-17-9-5-6-10-18(17)26(21)15-16-29-20-12-8-7-11-19(20)28-4/h5-12H,13-16H2,1-4H3,(H,24,27). The minimum Gasteiger partial charge on any atom is -0.493 e. The fraction of sp³-hybridized carbons (Fsp3) is 0.391. The van der Waals surface area contributed by atoms with Crippen LogP contribution in [-0.2, 0) is 17.8 Å². The molecule has 0 spiro atoms. The maximum atomic E-state index is 12.1. The second-order valence-corrected chi connectivity index (χ2v) is 7.92. The molecule has 6 nitrogen and oxygen atoms in total. The summed E-state index contributed by atoms with van der Waals surface area (Å²) in [6.07, 6.45) is 0.658. The second-order valence-electron chi connectivity index (χ2n) is 7.92. The van der Waals surface area contributed by atoms with Crippen LogP contribution in [0.4, 0.5) is 0 Å². The van der Waals surface area contributed by atoms with Crippen molar-refractivity contribution >= 4 is 16.9 Å². The van der Waals surface area contributed by atoms with Crippen LogP contribution in [0.15, 0.2) is 48.5 Å². The molecule has 154 valence electrons. The second kappa shape index (κ2) is 8.99. The van der Waals surface area contributed by atoms with Crippen LogP contribution in [0, 0.1) is 5.41 Å². The Morgan fingerprint density at radius 1 is 1.07 bits per heavy atom. The molecule has 0 saturated carbocycles. The summed E-state index contributed by atoms with van der Waals surface area (Å²) < 4.78 is 13.5. The first-order valence-corrected chi connectivity index (χ1v) is 9.88. The molecular formula is C23H29N3O3. The van der Waals surface area contributed by atoms with E-state index in [1.165, 1.54) is 0 Å². The van der Waals surface area contributed by atoms with Gasteiger partial charge in [-0.1, -0.05) is 45.0 Å². The summed E-state index contributed by atoms with van der Waals surface area (Å²) in [5, 5.41) is 3.00. The Balaban J connectivity index is 1.70. The summed E-state index contributed by atoms with van der Waals surface area (Å²) in [4.78, 5) is 16.9. The van der Waals surface area contributed by atoms with Crippen molar-refractivity contribution in [3.63, 3.8) is 0 Å². The number of ether oxygens (including phenoxy) is 2. The van der Waals surface area contributed by atoms with E-state index in [9.17, 15) is 4.79 Å². The Hall–Kier alpha value is -3.02. The molecule has 0 fully saturated rings. The van der Waals surface area contributed by atoms with Gasteiger partial charge < -0.3 is 19.4 Å². The molecule has 3 rings (SSSR count). The maximum Gasteiger partial charge on any atom is 0.225 e. The number of hydrogen-bond acceptors (Lipinski definition) is 4. The van der Waals surface area contributed by atoms with Crippen molar-refractivity contribution < 1.29 is 14.3 Å². The number of fused-ring (bicyclic) bond motifs is 1. The van der Waals surface area contributed by atoms with Gasteiger partial charge >= 0.3 is 0 Å². The van der Waals surface area contributed by atoms with Gasteiger partial charge in [-0.25, -0.2) is 4.98 Å². The Labute approximate surface area is 171 Å². The SMILES string of the molecule is COc1ccccc1OCCn1c(CCNC(=O)C(C)(C)C)nc2ccccc21. The highest BCUT2D eigenvalue weighted by molar-refractivity contribution is 5.81. The maximum absolute atomic E-state index is 12.1. The summed E-state index contributed by atoms with van der Waals surface area (Å²) in [7, 11) is 1.63. The highest BCUT2D eigenvalue weighted by Crippen LogP contribution is 2.26. The number of carbonyl (C=O) groups excluding carboxylic acids is 1. The van der Waals surface area contributed by atoms with Crippen LogP contribution in [0.2, 0.25) is 0 Å². The van der Waals surface area contributed by atoms with Gasteiger partial charge in [-0.15, -0.1) is 0 Å². The molecule has 0 unspecified atom stereocenters. The molecule has 0 aliphatic heterocycles. The van der Waals surface area contributed by atoms with E-state index in [0.717, 1.165) is 22.6 Å². The lowest BCUT2D eigenvalue weighted by Gasteiger charge is -2.17. The number of rotatable bonds is 8. The number of nitrogens with one attached hydrogen (secondary N) is 1. The Morgan fingerprint density at radius 3 is 2.48 bits per heavy atom. The van der Waals surface area contributed by atoms with Gasteiger partial charge in [-0.05, 0) is 24.3 Å². The molecule has 1 heterocycles. The van der Waals surface area contributed by atoms with Crippen molar-refractivity contribution in [3.05, 3.63) is 54.4 Å². The van der Waals surface area contributed by atoms with Crippen LogP contribution >= 0.6 is 0 Å². The van der Waals surface area contributed by atoms with Gasteiger partial charge in [0, 0.05) is 18.4 Å². The monoisotopic (exact) mass is 395 g/mol. The molecule has 0 saturated heterocycles. The van der Waals surface area contributed by atoms with E-state index >= 15 is 0 Å². The van der Waals surface area contributed by atoms with E-state index < -0.39 is 5.41 Å². The molecule has 0 bridgehead atoms. The minimum absolute atomic E-state index is 0.0414. The average molecular weight is 396 g/mol. The number of amides is 1. The van der Waals surface area contributed by atoms with Crippen LogP contribution in [0.5, 0.6) is 11.5 Å². The molecule has 6 heteroatoms. The first-order valence-electron chi connectivity index (χ1n) is 9.88. The highest BCUT2D eigenvalue weighted by Gasteiger charge is 2.20. The van der Waals surface area contributed by atoms with Crippen molar-refractivity contribution in [2.75, 3.05) is 20.3 Å². The number of benzene rings is 2. The molecule has 1 amide bonds. The number of imidazole rings is 1. The molecule has 29 heavy (non-hydrogen) atoms. The van der Waals surface area contributed by atoms with Crippen molar-refractivity contribution in [2.24, 2.45) is 5.41 Å². The van der Waals surface area contributed by atoms with E-state index in [1.807, 2.05) is 63.2 Å². The van der Waals surface area contributed by atoms with E-state index in [-0.39, 0.29) is 5.91 Å². The predicted molar refractivity (Wildman–Crippen MR) is 114 cm³/mol. The average Bonchev–Trinajstić information content (AvgIpc) is 3.05. The summed E-state index contributed by atoms with van der Waals surface area (Å²) in [6.45, 7) is 7.42. The van der Waals surface area contributed by atoms with Crippen molar-refractivity contribution in [1.82, 2.24) is 14.9 Å². The van der Waals surface area contributed by atoms with Crippen LogP contribution in [-0.4, -0.2) is 35.7 Å². The third-order valence-corrected chi connectivity index (χ3v) is 4.69. The van der Waals surface area contributed by atoms with Crippen LogP contribution in [0.25, 0.3) is 11.0 Å². The molecule has 1 aromatic heterocycles. The fourth-order valence-electron chi connectivity index (χ4n) is 3.10. The first-order chi connectivity index (χ1) is 13.9. The third-order valence-electron chi connectivity index (χ3n) is 4.69. The zero-order valence-electron chi connectivity index (χ0n) is 17.6. The largest absolute Gasteiger partial charge is 0.493 e. The summed E-state index contributed by atoms with van der Waals surface area (Å²) >= 11 is 0. The van der Waals surface area contributed by atoms with Crippen LogP contribution < -0.4 is 14.8 Å². The lowest BCUT2D eigenvalue weighted by molar-refractivity contribution is -0.128. The number of hydrogen-bond donors (Lipinski definition) is 1. The summed E-state index contributed by atoms with van der Waals surface area (Å²) in [5.41, 5.74) is 1.61. The zero-order valence-corrected chi connectivity index (χ0v) is 17.6. The number of methoxy groups -OCH3 is 1. The van der Waals surface area contributed by atoms with E-state index in [4.69, 9.17) is 14.5 Å². The van der Waals surface area contributed by atoms with E-state index in [2.05, 4.69) is 16.0 Å². The third kappa shape index (κ3) is 5.08. The molecule has 0 aliphatic rings. The van der Waals surface area contributed by atoms with Gasteiger partial charge in [0.1, 0.15) is 12.4 Å². The Morgan fingerprint density at radius 2 is 1.76 bits per heavy atom. The Bertz CT molecular complexity index is 973. The fourth-order valence-corrected chi connectivity index (χ4v) is 3.10. The van der Waals surface area contributed by atoms with Gasteiger partial charge in [0.2, 0.25) is 5.91 Å². The number of carbonyl (C=O) groups is 1. The smallest absolute Gasteiger partial charge is 0.225 e. The molecule has 1 N–H and O–H groups in total. The van der Waals surface area contributed by atoms with Crippen LogP contribution in [0.3, 0.4) is 0 Å². The number of aromatic nitrogens is 2. The lowest BCUT2D eigenvalue weighted by Crippen LogP contribution is -2.36. The molecule has 0 aliphatic carbocycles. The normalized spacial score (nSPS) is 11.4. The molecule has 3 aromatic rings. The first kappa shape index (κ1) is 20.7. The van der Waals surface area contributed by atoms with Gasteiger partial charge in [0.15, 0.2) is 11.5 Å². The van der Waals surface area contributed by atoms with Gasteiger partial charge in [-0.3, -0.25) is 4.79 Å². The van der Waals surface area contributed by atoms with Crippen molar-refractivity contribution in [1.29, 1.82) is 0 Å². The zero-order chi connectivity index (χ0) is 20.9. The van der Waals surface area contributed by atoms with Crippen LogP contribution in [0.1, 0.15) is 26.6 Å². The van der Waals surface area contributed by atoms with Crippen molar-refractivity contribution in [3.8, 4) is 11.5 Å². The minimum atomic E-state index is -0.400. The van der Waals surface area contributed by atoms with Gasteiger partial charge in [0.25, 0.3) is 0 Å². The van der Waals surface area contributed by atoms with Gasteiger partial charge in [0.05, 0.1) is 24.7 Å². The summed E-state index contributed by atoms with van der Waals surface area (Å²) in [6, 6.07) is 15.7. The lowest BCUT2D eigenvalue weighted by atomic mass is 9.96. The molecule has 0 radical (unpaired) electrons. The molecule has 2 aromatic carbocycles. The highest BCUT2D eigenvalue weighted by atomic mass is 16.5. The molecular weight excluding hydrogens is 366 g/mol. The summed E-state index contributed by atoms with van der Waals surface area (Å²) in [5.74, 6) is 2.41. The van der Waals surface area contributed by atoms with Gasteiger partial charge in [-0.2, -0.15) is 0 Å². The molecule has 0 atom stereocenters. The number of para-hydroxylation sites is 4. The topological polar surface area (TPSA) is 65.4 Å². The predicted octanol–water partition coefficient (Wildman–Crippen LogP) is 3.83. The van der Waals surface area contributed by atoms with E-state index in [0.29, 0.717) is 31.9 Å².